The zero-order valence-electron chi connectivity index (χ0n) is 7.50. The zero-order chi connectivity index (χ0) is 10.6. The molecule has 5 heteroatoms. The summed E-state index contributed by atoms with van der Waals surface area (Å²) in [7, 11) is 0. The molecule has 0 aliphatic rings. The van der Waals surface area contributed by atoms with Crippen LogP contribution >= 0.6 is 0 Å². The maximum Gasteiger partial charge on any atom is 0.221 e. The highest BCUT2D eigenvalue weighted by Gasteiger charge is 2.03. The van der Waals surface area contributed by atoms with Crippen LogP contribution in [-0.2, 0) is 9.59 Å². The van der Waals surface area contributed by atoms with Crippen molar-refractivity contribution in [2.45, 2.75) is 6.92 Å². The SMILES string of the molecule is CC(=O)Nc1ccc(F)c(NC=O)c1. The summed E-state index contributed by atoms with van der Waals surface area (Å²) in [5.41, 5.74) is 0.467. The van der Waals surface area contributed by atoms with Gasteiger partial charge in [0.15, 0.2) is 0 Å². The van der Waals surface area contributed by atoms with Crippen molar-refractivity contribution in [3.05, 3.63) is 24.0 Å². The molecule has 0 saturated carbocycles. The summed E-state index contributed by atoms with van der Waals surface area (Å²) in [4.78, 5) is 20.8. The summed E-state index contributed by atoms with van der Waals surface area (Å²) < 4.78 is 13.0. The molecule has 0 bridgehead atoms. The van der Waals surface area contributed by atoms with Crippen LogP contribution in [0, 0.1) is 5.82 Å². The second kappa shape index (κ2) is 4.36. The summed E-state index contributed by atoms with van der Waals surface area (Å²) in [6.45, 7) is 1.34. The van der Waals surface area contributed by atoms with Crippen molar-refractivity contribution in [1.29, 1.82) is 0 Å². The van der Waals surface area contributed by atoms with Crippen molar-refractivity contribution in [3.8, 4) is 0 Å². The Balaban J connectivity index is 2.93. The predicted molar refractivity (Wildman–Crippen MR) is 50.4 cm³/mol. The Morgan fingerprint density at radius 1 is 1.50 bits per heavy atom. The molecule has 2 N–H and O–H groups in total. The van der Waals surface area contributed by atoms with Crippen LogP contribution in [0.15, 0.2) is 18.2 Å². The molecule has 0 saturated heterocycles. The fourth-order valence-corrected chi connectivity index (χ4v) is 0.980. The average Bonchev–Trinajstić information content (AvgIpc) is 2.10. The van der Waals surface area contributed by atoms with Crippen LogP contribution in [0.2, 0.25) is 0 Å². The van der Waals surface area contributed by atoms with Gasteiger partial charge in [-0.1, -0.05) is 0 Å². The van der Waals surface area contributed by atoms with E-state index in [0.29, 0.717) is 12.1 Å². The molecule has 1 rings (SSSR count). The minimum absolute atomic E-state index is 0.0336. The van der Waals surface area contributed by atoms with E-state index in [9.17, 15) is 14.0 Å². The van der Waals surface area contributed by atoms with Gasteiger partial charge < -0.3 is 10.6 Å². The number of hydrogen-bond acceptors (Lipinski definition) is 2. The van der Waals surface area contributed by atoms with Crippen LogP contribution in [0.5, 0.6) is 0 Å². The number of benzene rings is 1. The third-order valence-electron chi connectivity index (χ3n) is 1.50. The summed E-state index contributed by atoms with van der Waals surface area (Å²) in [5, 5.41) is 4.65. The van der Waals surface area contributed by atoms with E-state index in [1.54, 1.807) is 0 Å². The van der Waals surface area contributed by atoms with E-state index in [-0.39, 0.29) is 11.6 Å². The molecule has 0 heterocycles. The van der Waals surface area contributed by atoms with Gasteiger partial charge in [0.05, 0.1) is 5.69 Å². The van der Waals surface area contributed by atoms with Gasteiger partial charge in [-0.15, -0.1) is 0 Å². The Kier molecular flexibility index (Phi) is 3.17. The molecular formula is C9H9FN2O2. The lowest BCUT2D eigenvalue weighted by atomic mass is 10.2. The first kappa shape index (κ1) is 10.2. The molecule has 1 aromatic rings. The second-order valence-electron chi connectivity index (χ2n) is 2.64. The van der Waals surface area contributed by atoms with Crippen molar-refractivity contribution in [1.82, 2.24) is 0 Å². The van der Waals surface area contributed by atoms with Crippen LogP contribution in [0.25, 0.3) is 0 Å². The number of nitrogens with one attached hydrogen (secondary N) is 2. The number of anilines is 2. The molecule has 4 nitrogen and oxygen atoms in total. The molecule has 74 valence electrons. The Morgan fingerprint density at radius 2 is 2.21 bits per heavy atom. The van der Waals surface area contributed by atoms with Gasteiger partial charge in [-0.2, -0.15) is 0 Å². The minimum atomic E-state index is -0.550. The van der Waals surface area contributed by atoms with E-state index in [0.717, 1.165) is 6.07 Å². The Hall–Kier alpha value is -1.91. The normalized spacial score (nSPS) is 9.29. The van der Waals surface area contributed by atoms with E-state index < -0.39 is 5.82 Å². The molecule has 0 aliphatic heterocycles. The fraction of sp³-hybridized carbons (Fsp3) is 0.111. The summed E-state index contributed by atoms with van der Waals surface area (Å²) in [5.74, 6) is -0.806. The van der Waals surface area contributed by atoms with Gasteiger partial charge in [-0.05, 0) is 18.2 Å². The van der Waals surface area contributed by atoms with Gasteiger partial charge in [0.1, 0.15) is 5.82 Å². The lowest BCUT2D eigenvalue weighted by Crippen LogP contribution is -2.06. The topological polar surface area (TPSA) is 58.2 Å². The van der Waals surface area contributed by atoms with Crippen LogP contribution in [0.1, 0.15) is 6.92 Å². The molecule has 14 heavy (non-hydrogen) atoms. The van der Waals surface area contributed by atoms with Gasteiger partial charge in [-0.3, -0.25) is 9.59 Å². The number of halogens is 1. The molecular weight excluding hydrogens is 187 g/mol. The first-order chi connectivity index (χ1) is 6.63. The van der Waals surface area contributed by atoms with Crippen LogP contribution in [0.4, 0.5) is 15.8 Å². The van der Waals surface area contributed by atoms with Gasteiger partial charge in [-0.25, -0.2) is 4.39 Å². The Labute approximate surface area is 80.1 Å². The standard InChI is InChI=1S/C9H9FN2O2/c1-6(14)12-7-2-3-8(10)9(4-7)11-5-13/h2-5H,1H3,(H,11,13)(H,12,14). The fourth-order valence-electron chi connectivity index (χ4n) is 0.980. The zero-order valence-corrected chi connectivity index (χ0v) is 7.50. The van der Waals surface area contributed by atoms with Gasteiger partial charge in [0, 0.05) is 12.6 Å². The summed E-state index contributed by atoms with van der Waals surface area (Å²) >= 11 is 0. The van der Waals surface area contributed by atoms with Crippen LogP contribution in [0.3, 0.4) is 0 Å². The lowest BCUT2D eigenvalue weighted by Gasteiger charge is -2.05. The highest BCUT2D eigenvalue weighted by Crippen LogP contribution is 2.18. The van der Waals surface area contributed by atoms with E-state index >= 15 is 0 Å². The number of carbonyl (C=O) groups is 2. The van der Waals surface area contributed by atoms with Crippen molar-refractivity contribution >= 4 is 23.7 Å². The monoisotopic (exact) mass is 196 g/mol. The third kappa shape index (κ3) is 2.55. The number of amides is 2. The van der Waals surface area contributed by atoms with Crippen molar-refractivity contribution < 1.29 is 14.0 Å². The van der Waals surface area contributed by atoms with E-state index in [4.69, 9.17) is 0 Å². The predicted octanol–water partition coefficient (Wildman–Crippen LogP) is 1.35. The first-order valence-electron chi connectivity index (χ1n) is 3.91. The molecule has 0 unspecified atom stereocenters. The van der Waals surface area contributed by atoms with Crippen molar-refractivity contribution in [2.75, 3.05) is 10.6 Å². The van der Waals surface area contributed by atoms with Crippen molar-refractivity contribution in [3.63, 3.8) is 0 Å². The van der Waals surface area contributed by atoms with E-state index in [2.05, 4.69) is 10.6 Å². The second-order valence-corrected chi connectivity index (χ2v) is 2.64. The average molecular weight is 196 g/mol. The number of rotatable bonds is 3. The molecule has 0 radical (unpaired) electrons. The summed E-state index contributed by atoms with van der Waals surface area (Å²) in [6.07, 6.45) is 0.371. The van der Waals surface area contributed by atoms with Crippen LogP contribution in [-0.4, -0.2) is 12.3 Å². The van der Waals surface area contributed by atoms with Gasteiger partial charge in [0.2, 0.25) is 12.3 Å². The molecule has 0 fully saturated rings. The van der Waals surface area contributed by atoms with Crippen molar-refractivity contribution in [2.24, 2.45) is 0 Å². The Bertz CT molecular complexity index is 366. The third-order valence-corrected chi connectivity index (χ3v) is 1.50. The number of hydrogen-bond donors (Lipinski definition) is 2. The smallest absolute Gasteiger partial charge is 0.221 e. The lowest BCUT2D eigenvalue weighted by molar-refractivity contribution is -0.114. The molecule has 0 aliphatic carbocycles. The minimum Gasteiger partial charge on any atom is -0.326 e. The Morgan fingerprint density at radius 3 is 2.79 bits per heavy atom. The summed E-state index contributed by atoms with van der Waals surface area (Å²) in [6, 6.07) is 3.91. The highest BCUT2D eigenvalue weighted by molar-refractivity contribution is 5.89. The number of carbonyl (C=O) groups excluding carboxylic acids is 2. The molecule has 0 spiro atoms. The van der Waals surface area contributed by atoms with Crippen LogP contribution < -0.4 is 10.6 Å². The molecule has 0 atom stereocenters. The highest BCUT2D eigenvalue weighted by atomic mass is 19.1. The molecule has 0 aromatic heterocycles. The maximum atomic E-state index is 13.0. The first-order valence-corrected chi connectivity index (χ1v) is 3.91. The quantitative estimate of drug-likeness (QED) is 0.717. The van der Waals surface area contributed by atoms with E-state index in [1.807, 2.05) is 0 Å². The molecule has 1 aromatic carbocycles. The maximum absolute atomic E-state index is 13.0. The molecule has 2 amide bonds. The van der Waals surface area contributed by atoms with Gasteiger partial charge in [0.25, 0.3) is 0 Å². The van der Waals surface area contributed by atoms with E-state index in [1.165, 1.54) is 19.1 Å². The largest absolute Gasteiger partial charge is 0.326 e. The van der Waals surface area contributed by atoms with Gasteiger partial charge >= 0.3 is 0 Å².